The van der Waals surface area contributed by atoms with Gasteiger partial charge in [0, 0.05) is 23.4 Å². The second-order valence-corrected chi connectivity index (χ2v) is 6.53. The van der Waals surface area contributed by atoms with E-state index in [4.69, 9.17) is 0 Å². The van der Waals surface area contributed by atoms with Crippen LogP contribution in [0, 0.1) is 0 Å². The van der Waals surface area contributed by atoms with Crippen molar-refractivity contribution in [1.29, 1.82) is 0 Å². The normalized spacial score (nSPS) is 14.4. The van der Waals surface area contributed by atoms with Gasteiger partial charge in [-0.25, -0.2) is 0 Å². The standard InChI is InChI=1S/C18H17F6N3O2/c19-17(20,21)15-13-3-1-2-4-14(13)27(26-15)10-9-25-16(28)11-5-7-12(8-6-11)29-18(22,23)24/h5-8H,1-4,9-10H2,(H,25,28). The zero-order chi connectivity index (χ0) is 21.2. The van der Waals surface area contributed by atoms with Crippen LogP contribution in [0.4, 0.5) is 26.3 Å². The van der Waals surface area contributed by atoms with Crippen molar-refractivity contribution < 1.29 is 35.9 Å². The molecule has 1 aliphatic rings. The molecule has 0 bridgehead atoms. The summed E-state index contributed by atoms with van der Waals surface area (Å²) in [6.07, 6.45) is -7.10. The van der Waals surface area contributed by atoms with Gasteiger partial charge in [0.1, 0.15) is 5.75 Å². The van der Waals surface area contributed by atoms with Crippen LogP contribution in [0.25, 0.3) is 0 Å². The van der Waals surface area contributed by atoms with Crippen LogP contribution in [0.2, 0.25) is 0 Å². The zero-order valence-electron chi connectivity index (χ0n) is 15.0. The highest BCUT2D eigenvalue weighted by Crippen LogP contribution is 2.35. The van der Waals surface area contributed by atoms with Gasteiger partial charge in [-0.1, -0.05) is 0 Å². The number of alkyl halides is 6. The third-order valence-corrected chi connectivity index (χ3v) is 4.48. The minimum absolute atomic E-state index is 0.0189. The summed E-state index contributed by atoms with van der Waals surface area (Å²) in [5, 5.41) is 6.22. The third kappa shape index (κ3) is 5.21. The average molecular weight is 421 g/mol. The molecule has 1 aromatic heterocycles. The number of nitrogens with zero attached hydrogens (tertiary/aromatic N) is 2. The van der Waals surface area contributed by atoms with Gasteiger partial charge in [-0.15, -0.1) is 13.2 Å². The fraction of sp³-hybridized carbons (Fsp3) is 0.444. The van der Waals surface area contributed by atoms with Crippen LogP contribution in [0.5, 0.6) is 5.75 Å². The molecule has 1 amide bonds. The largest absolute Gasteiger partial charge is 0.573 e. The molecular formula is C18H17F6N3O2. The van der Waals surface area contributed by atoms with E-state index in [9.17, 15) is 31.1 Å². The lowest BCUT2D eigenvalue weighted by molar-refractivity contribution is -0.274. The molecule has 0 unspecified atom stereocenters. The minimum Gasteiger partial charge on any atom is -0.406 e. The first-order chi connectivity index (χ1) is 13.5. The van der Waals surface area contributed by atoms with Gasteiger partial charge in [0.05, 0.1) is 6.54 Å². The molecule has 1 heterocycles. The Morgan fingerprint density at radius 1 is 1.07 bits per heavy atom. The van der Waals surface area contributed by atoms with Gasteiger partial charge in [-0.3, -0.25) is 9.48 Å². The van der Waals surface area contributed by atoms with Crippen molar-refractivity contribution in [2.24, 2.45) is 0 Å². The van der Waals surface area contributed by atoms with Gasteiger partial charge in [-0.2, -0.15) is 18.3 Å². The molecule has 11 heteroatoms. The fourth-order valence-electron chi connectivity index (χ4n) is 3.27. The first-order valence-electron chi connectivity index (χ1n) is 8.84. The number of hydrogen-bond donors (Lipinski definition) is 1. The van der Waals surface area contributed by atoms with Crippen LogP contribution >= 0.6 is 0 Å². The number of nitrogens with one attached hydrogen (secondary N) is 1. The Bertz CT molecular complexity index is 871. The summed E-state index contributed by atoms with van der Waals surface area (Å²) in [5.41, 5.74) is -0.0291. The topological polar surface area (TPSA) is 56.2 Å². The average Bonchev–Trinajstić information content (AvgIpc) is 3.00. The lowest BCUT2D eigenvalue weighted by Crippen LogP contribution is -2.28. The van der Waals surface area contributed by atoms with Crippen molar-refractivity contribution in [3.05, 3.63) is 46.8 Å². The second-order valence-electron chi connectivity index (χ2n) is 6.53. The van der Waals surface area contributed by atoms with Gasteiger partial charge in [0.15, 0.2) is 5.69 Å². The number of aromatic nitrogens is 2. The Morgan fingerprint density at radius 2 is 1.72 bits per heavy atom. The predicted molar refractivity (Wildman–Crippen MR) is 89.3 cm³/mol. The maximum atomic E-state index is 13.2. The first kappa shape index (κ1) is 21.0. The quantitative estimate of drug-likeness (QED) is 0.740. The minimum atomic E-state index is -4.83. The Morgan fingerprint density at radius 3 is 2.34 bits per heavy atom. The zero-order valence-corrected chi connectivity index (χ0v) is 15.0. The van der Waals surface area contributed by atoms with Gasteiger partial charge >= 0.3 is 12.5 Å². The Labute approximate surface area is 161 Å². The van der Waals surface area contributed by atoms with E-state index in [-0.39, 0.29) is 24.2 Å². The summed E-state index contributed by atoms with van der Waals surface area (Å²) in [6.45, 7) is 0.0739. The number of hydrogen-bond acceptors (Lipinski definition) is 3. The predicted octanol–water partition coefficient (Wildman–Crippen LogP) is 4.11. The molecule has 3 rings (SSSR count). The number of carbonyl (C=O) groups is 1. The summed E-state index contributed by atoms with van der Waals surface area (Å²) < 4.78 is 80.9. The van der Waals surface area contributed by atoms with Crippen LogP contribution in [0.3, 0.4) is 0 Å². The molecule has 0 saturated carbocycles. The molecule has 2 aromatic rings. The van der Waals surface area contributed by atoms with Crippen molar-refractivity contribution >= 4 is 5.91 Å². The van der Waals surface area contributed by atoms with Gasteiger partial charge in [-0.05, 0) is 49.9 Å². The third-order valence-electron chi connectivity index (χ3n) is 4.48. The Kier molecular flexibility index (Phi) is 5.76. The van der Waals surface area contributed by atoms with E-state index in [1.54, 1.807) is 0 Å². The lowest BCUT2D eigenvalue weighted by Gasteiger charge is -2.15. The van der Waals surface area contributed by atoms with Crippen molar-refractivity contribution in [2.45, 2.75) is 44.8 Å². The molecule has 0 fully saturated rings. The number of halogens is 6. The molecule has 1 aliphatic carbocycles. The van der Waals surface area contributed by atoms with Crippen LogP contribution in [0.1, 0.15) is 40.2 Å². The Hall–Kier alpha value is -2.72. The number of fused-ring (bicyclic) bond motifs is 1. The highest BCUT2D eigenvalue weighted by Gasteiger charge is 2.39. The van der Waals surface area contributed by atoms with Gasteiger partial charge in [0.2, 0.25) is 0 Å². The van der Waals surface area contributed by atoms with E-state index in [2.05, 4.69) is 15.2 Å². The van der Waals surface area contributed by atoms with Crippen LogP contribution < -0.4 is 10.1 Å². The smallest absolute Gasteiger partial charge is 0.406 e. The first-order valence-corrected chi connectivity index (χ1v) is 8.84. The van der Waals surface area contributed by atoms with E-state index in [0.29, 0.717) is 25.0 Å². The maximum Gasteiger partial charge on any atom is 0.573 e. The highest BCUT2D eigenvalue weighted by molar-refractivity contribution is 5.94. The molecule has 0 saturated heterocycles. The molecule has 1 aromatic carbocycles. The van der Waals surface area contributed by atoms with Crippen molar-refractivity contribution in [2.75, 3.05) is 6.54 Å². The van der Waals surface area contributed by atoms with Crippen molar-refractivity contribution in [1.82, 2.24) is 15.1 Å². The van der Waals surface area contributed by atoms with Gasteiger partial charge in [0.25, 0.3) is 5.91 Å². The van der Waals surface area contributed by atoms with Crippen LogP contribution in [-0.2, 0) is 25.6 Å². The van der Waals surface area contributed by atoms with E-state index in [1.807, 2.05) is 0 Å². The molecule has 0 spiro atoms. The summed E-state index contributed by atoms with van der Waals surface area (Å²) in [5.74, 6) is -1.03. The SMILES string of the molecule is O=C(NCCn1nc(C(F)(F)F)c2c1CCCC2)c1ccc(OC(F)(F)F)cc1. The van der Waals surface area contributed by atoms with Crippen LogP contribution in [0.15, 0.2) is 24.3 Å². The Balaban J connectivity index is 1.61. The number of rotatable bonds is 5. The molecular weight excluding hydrogens is 404 g/mol. The fourth-order valence-corrected chi connectivity index (χ4v) is 3.27. The van der Waals surface area contributed by atoms with E-state index in [0.717, 1.165) is 30.7 Å². The second kappa shape index (κ2) is 7.96. The van der Waals surface area contributed by atoms with E-state index >= 15 is 0 Å². The number of carbonyl (C=O) groups excluding carboxylic acids is 1. The van der Waals surface area contributed by atoms with Crippen molar-refractivity contribution in [3.8, 4) is 5.75 Å². The summed E-state index contributed by atoms with van der Waals surface area (Å²) >= 11 is 0. The molecule has 158 valence electrons. The monoisotopic (exact) mass is 421 g/mol. The van der Waals surface area contributed by atoms with E-state index in [1.165, 1.54) is 4.68 Å². The molecule has 1 N–H and O–H groups in total. The van der Waals surface area contributed by atoms with Crippen LogP contribution in [-0.4, -0.2) is 28.6 Å². The maximum absolute atomic E-state index is 13.2. The molecule has 0 atom stereocenters. The van der Waals surface area contributed by atoms with E-state index < -0.39 is 29.9 Å². The molecule has 5 nitrogen and oxygen atoms in total. The number of benzene rings is 1. The highest BCUT2D eigenvalue weighted by atomic mass is 19.4. The molecule has 29 heavy (non-hydrogen) atoms. The molecule has 0 radical (unpaired) electrons. The lowest BCUT2D eigenvalue weighted by atomic mass is 9.95. The molecule has 0 aliphatic heterocycles. The summed E-state index contributed by atoms with van der Waals surface area (Å²) in [6, 6.07) is 4.33. The van der Waals surface area contributed by atoms with Crippen molar-refractivity contribution in [3.63, 3.8) is 0 Å². The number of amides is 1. The summed E-state index contributed by atoms with van der Waals surface area (Å²) in [4.78, 5) is 12.1. The van der Waals surface area contributed by atoms with Gasteiger partial charge < -0.3 is 10.1 Å². The number of ether oxygens (including phenoxy) is 1. The summed E-state index contributed by atoms with van der Waals surface area (Å²) in [7, 11) is 0.